The van der Waals surface area contributed by atoms with Crippen molar-refractivity contribution in [3.63, 3.8) is 0 Å². The lowest BCUT2D eigenvalue weighted by Gasteiger charge is -2.24. The van der Waals surface area contributed by atoms with Gasteiger partial charge in [-0.2, -0.15) is 0 Å². The minimum atomic E-state index is 0. The van der Waals surface area contributed by atoms with E-state index in [9.17, 15) is 0 Å². The van der Waals surface area contributed by atoms with Crippen LogP contribution in [-0.2, 0) is 6.42 Å². The van der Waals surface area contributed by atoms with Crippen LogP contribution in [0.15, 0.2) is 24.3 Å². The molecule has 0 saturated carbocycles. The van der Waals surface area contributed by atoms with Crippen molar-refractivity contribution < 1.29 is 0 Å². The zero-order valence-electron chi connectivity index (χ0n) is 12.4. The van der Waals surface area contributed by atoms with Gasteiger partial charge in [0.2, 0.25) is 0 Å². The first kappa shape index (κ1) is 19.7. The lowest BCUT2D eigenvalue weighted by atomic mass is 10.0. The van der Waals surface area contributed by atoms with Crippen LogP contribution < -0.4 is 5.73 Å². The standard InChI is InChI=1S/C16H26N2.2ClH/c1-14-7-6-8-15(11-14)12-16(17)13-18-9-4-2-3-5-10-18;;/h6-8,11,16H,2-5,9-10,12-13,17H2,1H3;2*1H. The van der Waals surface area contributed by atoms with Gasteiger partial charge in [0.25, 0.3) is 0 Å². The molecule has 0 aliphatic carbocycles. The Morgan fingerprint density at radius 2 is 1.75 bits per heavy atom. The Bertz CT molecular complexity index is 363. The molecule has 1 saturated heterocycles. The number of likely N-dealkylation sites (tertiary alicyclic amines) is 1. The molecular weight excluding hydrogens is 291 g/mol. The summed E-state index contributed by atoms with van der Waals surface area (Å²) in [5.41, 5.74) is 9.00. The van der Waals surface area contributed by atoms with Crippen LogP contribution >= 0.6 is 24.8 Å². The second-order valence-electron chi connectivity index (χ2n) is 5.67. The van der Waals surface area contributed by atoms with Gasteiger partial charge in [-0.15, -0.1) is 24.8 Å². The third-order valence-corrected chi connectivity index (χ3v) is 3.77. The maximum Gasteiger partial charge on any atom is 0.0208 e. The summed E-state index contributed by atoms with van der Waals surface area (Å²) in [6.45, 7) is 5.67. The summed E-state index contributed by atoms with van der Waals surface area (Å²) in [5.74, 6) is 0. The number of hydrogen-bond acceptors (Lipinski definition) is 2. The number of halogens is 2. The van der Waals surface area contributed by atoms with Gasteiger partial charge in [0, 0.05) is 12.6 Å². The molecule has 1 aromatic rings. The second kappa shape index (κ2) is 10.4. The van der Waals surface area contributed by atoms with Crippen molar-refractivity contribution in [3.05, 3.63) is 35.4 Å². The monoisotopic (exact) mass is 318 g/mol. The Morgan fingerprint density at radius 1 is 1.10 bits per heavy atom. The molecule has 1 fully saturated rings. The highest BCUT2D eigenvalue weighted by Gasteiger charge is 2.13. The first-order chi connectivity index (χ1) is 8.74. The van der Waals surface area contributed by atoms with Gasteiger partial charge in [-0.05, 0) is 44.8 Å². The molecule has 0 aromatic heterocycles. The molecule has 1 atom stereocenters. The number of aryl methyl sites for hydroxylation is 1. The van der Waals surface area contributed by atoms with Crippen LogP contribution in [0.4, 0.5) is 0 Å². The predicted octanol–water partition coefficient (Wildman–Crippen LogP) is 3.58. The lowest BCUT2D eigenvalue weighted by molar-refractivity contribution is 0.266. The normalized spacial score (nSPS) is 17.5. The van der Waals surface area contributed by atoms with Crippen molar-refractivity contribution in [2.24, 2.45) is 5.73 Å². The van der Waals surface area contributed by atoms with E-state index in [0.717, 1.165) is 13.0 Å². The number of benzene rings is 1. The number of nitrogens with two attached hydrogens (primary N) is 1. The SMILES string of the molecule is Cc1cccc(CC(N)CN2CCCCCC2)c1.Cl.Cl. The molecule has 1 unspecified atom stereocenters. The van der Waals surface area contributed by atoms with Gasteiger partial charge in [0.15, 0.2) is 0 Å². The van der Waals surface area contributed by atoms with Gasteiger partial charge >= 0.3 is 0 Å². The second-order valence-corrected chi connectivity index (χ2v) is 5.67. The van der Waals surface area contributed by atoms with Gasteiger partial charge in [0.05, 0.1) is 0 Å². The van der Waals surface area contributed by atoms with Crippen LogP contribution in [0.5, 0.6) is 0 Å². The fraction of sp³-hybridized carbons (Fsp3) is 0.625. The largest absolute Gasteiger partial charge is 0.326 e. The molecule has 0 amide bonds. The Morgan fingerprint density at radius 3 is 2.35 bits per heavy atom. The Hall–Kier alpha value is -0.280. The van der Waals surface area contributed by atoms with Crippen molar-refractivity contribution in [1.82, 2.24) is 4.90 Å². The molecule has 1 aromatic carbocycles. The van der Waals surface area contributed by atoms with Crippen LogP contribution in [0.2, 0.25) is 0 Å². The fourth-order valence-corrected chi connectivity index (χ4v) is 2.86. The topological polar surface area (TPSA) is 29.3 Å². The van der Waals surface area contributed by atoms with Crippen molar-refractivity contribution in [2.45, 2.75) is 45.1 Å². The quantitative estimate of drug-likeness (QED) is 0.919. The molecule has 1 aliphatic heterocycles. The summed E-state index contributed by atoms with van der Waals surface area (Å²) in [4.78, 5) is 2.55. The van der Waals surface area contributed by atoms with Crippen molar-refractivity contribution in [3.8, 4) is 0 Å². The molecular formula is C16H28Cl2N2. The van der Waals surface area contributed by atoms with Crippen LogP contribution in [0.1, 0.15) is 36.8 Å². The smallest absolute Gasteiger partial charge is 0.0208 e. The van der Waals surface area contributed by atoms with Gasteiger partial charge < -0.3 is 10.6 Å². The van der Waals surface area contributed by atoms with Crippen LogP contribution in [0, 0.1) is 6.92 Å². The maximum absolute atomic E-state index is 6.30. The van der Waals surface area contributed by atoms with E-state index in [0.29, 0.717) is 0 Å². The van der Waals surface area contributed by atoms with E-state index in [1.165, 1.54) is 49.9 Å². The summed E-state index contributed by atoms with van der Waals surface area (Å²) >= 11 is 0. The molecule has 0 spiro atoms. The molecule has 2 N–H and O–H groups in total. The van der Waals surface area contributed by atoms with E-state index in [-0.39, 0.29) is 30.9 Å². The van der Waals surface area contributed by atoms with Crippen molar-refractivity contribution >= 4 is 24.8 Å². The first-order valence-corrected chi connectivity index (χ1v) is 7.27. The minimum absolute atomic E-state index is 0. The van der Waals surface area contributed by atoms with Gasteiger partial charge in [-0.3, -0.25) is 0 Å². The highest BCUT2D eigenvalue weighted by Crippen LogP contribution is 2.11. The van der Waals surface area contributed by atoms with Gasteiger partial charge in [-0.25, -0.2) is 0 Å². The molecule has 0 bridgehead atoms. The fourth-order valence-electron chi connectivity index (χ4n) is 2.86. The van der Waals surface area contributed by atoms with E-state index < -0.39 is 0 Å². The summed E-state index contributed by atoms with van der Waals surface area (Å²) in [6, 6.07) is 8.98. The Labute approximate surface area is 135 Å². The molecule has 0 radical (unpaired) electrons. The number of hydrogen-bond donors (Lipinski definition) is 1. The minimum Gasteiger partial charge on any atom is -0.326 e. The van der Waals surface area contributed by atoms with Crippen LogP contribution in [0.25, 0.3) is 0 Å². The third-order valence-electron chi connectivity index (χ3n) is 3.77. The molecule has 2 rings (SSSR count). The maximum atomic E-state index is 6.30. The zero-order valence-corrected chi connectivity index (χ0v) is 14.0. The molecule has 1 heterocycles. The van der Waals surface area contributed by atoms with Crippen molar-refractivity contribution in [2.75, 3.05) is 19.6 Å². The highest BCUT2D eigenvalue weighted by atomic mass is 35.5. The summed E-state index contributed by atoms with van der Waals surface area (Å²) in [6.07, 6.45) is 6.47. The molecule has 4 heteroatoms. The van der Waals surface area contributed by atoms with E-state index >= 15 is 0 Å². The first-order valence-electron chi connectivity index (χ1n) is 7.27. The summed E-state index contributed by atoms with van der Waals surface area (Å²) in [5, 5.41) is 0. The highest BCUT2D eigenvalue weighted by molar-refractivity contribution is 5.85. The van der Waals surface area contributed by atoms with E-state index in [1.54, 1.807) is 0 Å². The average molecular weight is 319 g/mol. The zero-order chi connectivity index (χ0) is 12.8. The Kier molecular flexibility index (Phi) is 10.3. The average Bonchev–Trinajstić information content (AvgIpc) is 2.57. The predicted molar refractivity (Wildman–Crippen MR) is 92.3 cm³/mol. The molecule has 1 aliphatic rings. The third kappa shape index (κ3) is 6.94. The summed E-state index contributed by atoms with van der Waals surface area (Å²) < 4.78 is 0. The van der Waals surface area contributed by atoms with Crippen molar-refractivity contribution in [1.29, 1.82) is 0 Å². The van der Waals surface area contributed by atoms with Crippen LogP contribution in [0.3, 0.4) is 0 Å². The lowest BCUT2D eigenvalue weighted by Crippen LogP contribution is -2.39. The van der Waals surface area contributed by atoms with E-state index in [2.05, 4.69) is 36.1 Å². The van der Waals surface area contributed by atoms with Gasteiger partial charge in [-0.1, -0.05) is 42.7 Å². The molecule has 2 nitrogen and oxygen atoms in total. The molecule has 116 valence electrons. The van der Waals surface area contributed by atoms with E-state index in [4.69, 9.17) is 5.73 Å². The van der Waals surface area contributed by atoms with Gasteiger partial charge in [0.1, 0.15) is 0 Å². The van der Waals surface area contributed by atoms with Crippen LogP contribution in [-0.4, -0.2) is 30.6 Å². The number of rotatable bonds is 4. The summed E-state index contributed by atoms with van der Waals surface area (Å²) in [7, 11) is 0. The van der Waals surface area contributed by atoms with E-state index in [1.807, 2.05) is 0 Å². The number of nitrogens with zero attached hydrogens (tertiary/aromatic N) is 1. The molecule has 20 heavy (non-hydrogen) atoms. The Balaban J connectivity index is 0.00000180.